The number of benzene rings is 1. The summed E-state index contributed by atoms with van der Waals surface area (Å²) in [5.74, 6) is -0.504. The third-order valence-corrected chi connectivity index (χ3v) is 3.73. The van der Waals surface area contributed by atoms with Crippen LogP contribution in [0.3, 0.4) is 0 Å². The molecule has 0 saturated carbocycles. The van der Waals surface area contributed by atoms with E-state index in [0.29, 0.717) is 17.2 Å². The number of hydrogen-bond acceptors (Lipinski definition) is 4. The molecule has 124 valence electrons. The van der Waals surface area contributed by atoms with Gasteiger partial charge in [0.05, 0.1) is 6.61 Å². The minimum Gasteiger partial charge on any atom is -0.465 e. The van der Waals surface area contributed by atoms with Crippen molar-refractivity contribution in [3.05, 3.63) is 34.5 Å². The minimum atomic E-state index is -0.425. The second-order valence-corrected chi connectivity index (χ2v) is 5.66. The van der Waals surface area contributed by atoms with Crippen molar-refractivity contribution >= 4 is 34.4 Å². The fourth-order valence-electron chi connectivity index (χ4n) is 2.43. The lowest BCUT2D eigenvalue weighted by Gasteiger charge is -2.20. The first-order valence-corrected chi connectivity index (χ1v) is 7.99. The maximum Gasteiger partial charge on any atom is 0.325 e. The van der Waals surface area contributed by atoms with Crippen molar-refractivity contribution in [2.45, 2.75) is 27.2 Å². The van der Waals surface area contributed by atoms with Crippen LogP contribution in [0.2, 0.25) is 5.02 Å². The van der Waals surface area contributed by atoms with Crippen molar-refractivity contribution in [2.24, 2.45) is 0 Å². The van der Waals surface area contributed by atoms with E-state index in [1.807, 2.05) is 13.8 Å². The molecule has 1 amide bonds. The number of rotatable bonds is 6. The summed E-state index contributed by atoms with van der Waals surface area (Å²) in [6, 6.07) is 5.21. The first-order chi connectivity index (χ1) is 11.0. The normalized spacial score (nSPS) is 10.8. The van der Waals surface area contributed by atoms with Crippen LogP contribution in [-0.4, -0.2) is 36.5 Å². The first kappa shape index (κ1) is 17.3. The molecule has 1 aromatic carbocycles. The SMILES string of the molecule is CCCN(CC(=O)OCC)C(=O)c1oc2ccc(Cl)cc2c1C. The molecule has 0 aliphatic rings. The van der Waals surface area contributed by atoms with Crippen LogP contribution in [0, 0.1) is 6.92 Å². The number of esters is 1. The monoisotopic (exact) mass is 337 g/mol. The molecular weight excluding hydrogens is 318 g/mol. The van der Waals surface area contributed by atoms with E-state index in [-0.39, 0.29) is 24.8 Å². The van der Waals surface area contributed by atoms with Gasteiger partial charge in [-0.2, -0.15) is 0 Å². The number of hydrogen-bond donors (Lipinski definition) is 0. The highest BCUT2D eigenvalue weighted by atomic mass is 35.5. The molecule has 1 heterocycles. The van der Waals surface area contributed by atoms with E-state index in [9.17, 15) is 9.59 Å². The number of halogens is 1. The highest BCUT2D eigenvalue weighted by Gasteiger charge is 2.25. The van der Waals surface area contributed by atoms with Gasteiger partial charge >= 0.3 is 5.97 Å². The molecule has 2 rings (SSSR count). The topological polar surface area (TPSA) is 59.8 Å². The Hall–Kier alpha value is -2.01. The van der Waals surface area contributed by atoms with Crippen molar-refractivity contribution in [3.8, 4) is 0 Å². The predicted molar refractivity (Wildman–Crippen MR) is 88.8 cm³/mol. The fourth-order valence-corrected chi connectivity index (χ4v) is 2.60. The standard InChI is InChI=1S/C17H20ClNO4/c1-4-8-19(10-15(20)22-5-2)17(21)16-11(3)13-9-12(18)6-7-14(13)23-16/h6-7,9H,4-5,8,10H2,1-3H3. The van der Waals surface area contributed by atoms with Crippen molar-refractivity contribution in [2.75, 3.05) is 19.7 Å². The summed E-state index contributed by atoms with van der Waals surface area (Å²) in [5, 5.41) is 1.38. The second kappa shape index (κ2) is 7.51. The number of carbonyl (C=O) groups is 2. The molecule has 0 unspecified atom stereocenters. The van der Waals surface area contributed by atoms with Gasteiger partial charge in [0.15, 0.2) is 5.76 Å². The zero-order valence-electron chi connectivity index (χ0n) is 13.5. The lowest BCUT2D eigenvalue weighted by molar-refractivity contribution is -0.143. The summed E-state index contributed by atoms with van der Waals surface area (Å²) in [6.07, 6.45) is 0.732. The smallest absolute Gasteiger partial charge is 0.325 e. The van der Waals surface area contributed by atoms with Gasteiger partial charge in [-0.15, -0.1) is 0 Å². The van der Waals surface area contributed by atoms with Crippen molar-refractivity contribution in [3.63, 3.8) is 0 Å². The van der Waals surface area contributed by atoms with Gasteiger partial charge < -0.3 is 14.1 Å². The molecule has 0 fully saturated rings. The maximum atomic E-state index is 12.7. The van der Waals surface area contributed by atoms with Crippen LogP contribution in [0.25, 0.3) is 11.0 Å². The number of nitrogens with zero attached hydrogens (tertiary/aromatic N) is 1. The summed E-state index contributed by atoms with van der Waals surface area (Å²) in [6.45, 7) is 6.14. The Morgan fingerprint density at radius 3 is 2.70 bits per heavy atom. The molecule has 0 aliphatic carbocycles. The van der Waals surface area contributed by atoms with Gasteiger partial charge in [0.2, 0.25) is 0 Å². The van der Waals surface area contributed by atoms with Gasteiger partial charge in [0, 0.05) is 22.5 Å². The summed E-state index contributed by atoms with van der Waals surface area (Å²) >= 11 is 6.00. The van der Waals surface area contributed by atoms with Crippen LogP contribution in [-0.2, 0) is 9.53 Å². The van der Waals surface area contributed by atoms with Gasteiger partial charge in [-0.1, -0.05) is 18.5 Å². The molecule has 0 bridgehead atoms. The van der Waals surface area contributed by atoms with E-state index >= 15 is 0 Å². The molecule has 0 aliphatic heterocycles. The average Bonchev–Trinajstić information content (AvgIpc) is 2.83. The summed E-state index contributed by atoms with van der Waals surface area (Å²) in [7, 11) is 0. The molecule has 1 aromatic heterocycles. The van der Waals surface area contributed by atoms with E-state index in [4.69, 9.17) is 20.8 Å². The van der Waals surface area contributed by atoms with Crippen LogP contribution >= 0.6 is 11.6 Å². The molecule has 0 radical (unpaired) electrons. The van der Waals surface area contributed by atoms with E-state index in [2.05, 4.69) is 0 Å². The highest BCUT2D eigenvalue weighted by molar-refractivity contribution is 6.31. The number of ether oxygens (including phenoxy) is 1. The van der Waals surface area contributed by atoms with Crippen molar-refractivity contribution < 1.29 is 18.7 Å². The Labute approximate surface area is 140 Å². The van der Waals surface area contributed by atoms with Gasteiger partial charge in [0.25, 0.3) is 5.91 Å². The van der Waals surface area contributed by atoms with E-state index in [1.165, 1.54) is 4.90 Å². The summed E-state index contributed by atoms with van der Waals surface area (Å²) < 4.78 is 10.6. The highest BCUT2D eigenvalue weighted by Crippen LogP contribution is 2.28. The fraction of sp³-hybridized carbons (Fsp3) is 0.412. The third-order valence-electron chi connectivity index (χ3n) is 3.50. The van der Waals surface area contributed by atoms with Crippen molar-refractivity contribution in [1.29, 1.82) is 0 Å². The summed E-state index contributed by atoms with van der Waals surface area (Å²) in [5.41, 5.74) is 1.32. The van der Waals surface area contributed by atoms with Crippen LogP contribution in [0.5, 0.6) is 0 Å². The molecule has 0 saturated heterocycles. The molecular formula is C17H20ClNO4. The Morgan fingerprint density at radius 1 is 1.30 bits per heavy atom. The van der Waals surface area contributed by atoms with E-state index in [0.717, 1.165) is 17.4 Å². The molecule has 0 spiro atoms. The second-order valence-electron chi connectivity index (χ2n) is 5.23. The molecule has 0 N–H and O–H groups in total. The van der Waals surface area contributed by atoms with Crippen LogP contribution in [0.1, 0.15) is 36.4 Å². The molecule has 6 heteroatoms. The summed E-state index contributed by atoms with van der Waals surface area (Å²) in [4.78, 5) is 25.9. The molecule has 5 nitrogen and oxygen atoms in total. The van der Waals surface area contributed by atoms with Crippen molar-refractivity contribution in [1.82, 2.24) is 4.90 Å². The van der Waals surface area contributed by atoms with Crippen LogP contribution in [0.15, 0.2) is 22.6 Å². The number of fused-ring (bicyclic) bond motifs is 1. The molecule has 2 aromatic rings. The van der Waals surface area contributed by atoms with Gasteiger partial charge in [-0.3, -0.25) is 9.59 Å². The zero-order chi connectivity index (χ0) is 17.0. The zero-order valence-corrected chi connectivity index (χ0v) is 14.3. The first-order valence-electron chi connectivity index (χ1n) is 7.61. The lowest BCUT2D eigenvalue weighted by Crippen LogP contribution is -2.37. The Bertz CT molecular complexity index is 723. The Morgan fingerprint density at radius 2 is 2.04 bits per heavy atom. The molecule has 0 atom stereocenters. The Balaban J connectivity index is 2.32. The van der Waals surface area contributed by atoms with Crippen LogP contribution < -0.4 is 0 Å². The number of carbonyl (C=O) groups excluding carboxylic acids is 2. The van der Waals surface area contributed by atoms with Gasteiger partial charge in [0.1, 0.15) is 12.1 Å². The van der Waals surface area contributed by atoms with E-state index in [1.54, 1.807) is 25.1 Å². The lowest BCUT2D eigenvalue weighted by atomic mass is 10.1. The van der Waals surface area contributed by atoms with Gasteiger partial charge in [-0.05, 0) is 38.5 Å². The van der Waals surface area contributed by atoms with Gasteiger partial charge in [-0.25, -0.2) is 0 Å². The van der Waals surface area contributed by atoms with Crippen LogP contribution in [0.4, 0.5) is 0 Å². The quantitative estimate of drug-likeness (QED) is 0.752. The predicted octanol–water partition coefficient (Wildman–Crippen LogP) is 3.81. The number of aryl methyl sites for hydroxylation is 1. The maximum absolute atomic E-state index is 12.7. The molecule has 23 heavy (non-hydrogen) atoms. The number of amides is 1. The Kier molecular flexibility index (Phi) is 5.66. The third kappa shape index (κ3) is 3.85. The average molecular weight is 338 g/mol. The minimum absolute atomic E-state index is 0.0856. The number of furan rings is 1. The van der Waals surface area contributed by atoms with E-state index < -0.39 is 5.97 Å². The largest absolute Gasteiger partial charge is 0.465 e.